The first kappa shape index (κ1) is 21.5. The van der Waals surface area contributed by atoms with Crippen molar-refractivity contribution < 1.29 is 4.39 Å². The Morgan fingerprint density at radius 2 is 1.92 bits per heavy atom. The van der Waals surface area contributed by atoms with Crippen LogP contribution < -0.4 is 0 Å². The number of alkyl halides is 1. The van der Waals surface area contributed by atoms with Crippen molar-refractivity contribution in [2.24, 2.45) is 23.7 Å². The number of hydrogen-bond acceptors (Lipinski definition) is 0. The van der Waals surface area contributed by atoms with Crippen molar-refractivity contribution >= 4 is 0 Å². The van der Waals surface area contributed by atoms with Crippen LogP contribution in [0.1, 0.15) is 91.9 Å². The fourth-order valence-corrected chi connectivity index (χ4v) is 4.37. The molecule has 1 rings (SSSR count). The third-order valence-corrected chi connectivity index (χ3v) is 6.19. The van der Waals surface area contributed by atoms with E-state index in [2.05, 4.69) is 39.5 Å². The third-order valence-electron chi connectivity index (χ3n) is 6.19. The second kappa shape index (κ2) is 11.9. The summed E-state index contributed by atoms with van der Waals surface area (Å²) in [4.78, 5) is 0. The molecule has 1 fully saturated rings. The molecule has 0 nitrogen and oxygen atoms in total. The molecule has 0 aromatic carbocycles. The Morgan fingerprint density at radius 3 is 2.46 bits per heavy atom. The van der Waals surface area contributed by atoms with Gasteiger partial charge < -0.3 is 0 Å². The minimum absolute atomic E-state index is 0.650. The highest BCUT2D eigenvalue weighted by atomic mass is 19.1. The summed E-state index contributed by atoms with van der Waals surface area (Å²) in [6.07, 6.45) is 16.1. The van der Waals surface area contributed by atoms with E-state index in [4.69, 9.17) is 0 Å². The van der Waals surface area contributed by atoms with E-state index in [1.165, 1.54) is 44.1 Å². The summed E-state index contributed by atoms with van der Waals surface area (Å²) in [5, 5.41) is 0. The lowest BCUT2D eigenvalue weighted by molar-refractivity contribution is 0.306. The van der Waals surface area contributed by atoms with Crippen LogP contribution in [0.5, 0.6) is 0 Å². The van der Waals surface area contributed by atoms with Crippen LogP contribution in [0.25, 0.3) is 0 Å². The van der Waals surface area contributed by atoms with Crippen LogP contribution in [0.15, 0.2) is 24.3 Å². The number of rotatable bonds is 12. The first-order valence-electron chi connectivity index (χ1n) is 10.4. The molecular formula is C23H41F. The zero-order valence-corrected chi connectivity index (χ0v) is 16.7. The largest absolute Gasteiger partial charge is 0.248 e. The molecule has 0 N–H and O–H groups in total. The fraction of sp³-hybridized carbons (Fsp3) is 0.826. The van der Waals surface area contributed by atoms with Gasteiger partial charge in [0.2, 0.25) is 0 Å². The van der Waals surface area contributed by atoms with Gasteiger partial charge in [-0.05, 0) is 82.5 Å². The highest BCUT2D eigenvalue weighted by Gasteiger charge is 2.29. The maximum absolute atomic E-state index is 13.0. The van der Waals surface area contributed by atoms with E-state index >= 15 is 0 Å². The van der Waals surface area contributed by atoms with Crippen molar-refractivity contribution in [3.05, 3.63) is 24.3 Å². The SMILES string of the molecule is C=C(C)C(CC/C=C\CC(CC)CCC(C)F)C1CCC(CC)C1. The number of allylic oxidation sites excluding steroid dienone is 3. The predicted octanol–water partition coefficient (Wildman–Crippen LogP) is 7.90. The van der Waals surface area contributed by atoms with E-state index in [1.807, 2.05) is 0 Å². The first-order chi connectivity index (χ1) is 11.5. The Labute approximate surface area is 151 Å². The van der Waals surface area contributed by atoms with Crippen molar-refractivity contribution in [2.45, 2.75) is 98.1 Å². The Bertz CT molecular complexity index is 368. The third kappa shape index (κ3) is 7.99. The monoisotopic (exact) mass is 336 g/mol. The van der Waals surface area contributed by atoms with Crippen LogP contribution in [0.3, 0.4) is 0 Å². The lowest BCUT2D eigenvalue weighted by Gasteiger charge is -2.24. The minimum atomic E-state index is -0.655. The predicted molar refractivity (Wildman–Crippen MR) is 106 cm³/mol. The topological polar surface area (TPSA) is 0 Å². The summed E-state index contributed by atoms with van der Waals surface area (Å²) >= 11 is 0. The molecule has 0 aromatic rings. The normalized spacial score (nSPS) is 25.0. The highest BCUT2D eigenvalue weighted by molar-refractivity contribution is 5.02. The number of halogens is 1. The Hall–Kier alpha value is -0.590. The average Bonchev–Trinajstić information content (AvgIpc) is 3.01. The van der Waals surface area contributed by atoms with E-state index < -0.39 is 6.17 Å². The van der Waals surface area contributed by atoms with Gasteiger partial charge in [0.25, 0.3) is 0 Å². The van der Waals surface area contributed by atoms with Crippen LogP contribution in [-0.4, -0.2) is 6.17 Å². The van der Waals surface area contributed by atoms with Crippen LogP contribution in [-0.2, 0) is 0 Å². The molecule has 1 saturated carbocycles. The number of hydrogen-bond donors (Lipinski definition) is 0. The van der Waals surface area contributed by atoms with E-state index in [-0.39, 0.29) is 0 Å². The zero-order chi connectivity index (χ0) is 17.9. The molecule has 0 heterocycles. The van der Waals surface area contributed by atoms with Gasteiger partial charge in [0.15, 0.2) is 0 Å². The maximum Gasteiger partial charge on any atom is 0.0973 e. The summed E-state index contributed by atoms with van der Waals surface area (Å²) in [6.45, 7) is 12.7. The first-order valence-corrected chi connectivity index (χ1v) is 10.4. The van der Waals surface area contributed by atoms with E-state index in [0.717, 1.165) is 31.1 Å². The van der Waals surface area contributed by atoms with Crippen LogP contribution >= 0.6 is 0 Å². The zero-order valence-electron chi connectivity index (χ0n) is 16.7. The van der Waals surface area contributed by atoms with Gasteiger partial charge in [0, 0.05) is 0 Å². The fourth-order valence-electron chi connectivity index (χ4n) is 4.37. The molecule has 0 aromatic heterocycles. The molecule has 0 bridgehead atoms. The quantitative estimate of drug-likeness (QED) is 0.318. The van der Waals surface area contributed by atoms with Gasteiger partial charge in [0.05, 0.1) is 6.17 Å². The summed E-state index contributed by atoms with van der Waals surface area (Å²) in [5.74, 6) is 3.18. The lowest BCUT2D eigenvalue weighted by atomic mass is 9.82. The second-order valence-corrected chi connectivity index (χ2v) is 8.22. The summed E-state index contributed by atoms with van der Waals surface area (Å²) in [7, 11) is 0. The standard InChI is InChI=1S/C23H41F/c1-6-20(14-13-19(5)24)11-9-8-10-12-23(18(3)4)22-16-15-21(7-2)17-22/h8-9,19-23H,3,6-7,10-17H2,1-2,4-5H3/b9-8-. The molecule has 1 aliphatic carbocycles. The van der Waals surface area contributed by atoms with Gasteiger partial charge in [-0.15, -0.1) is 0 Å². The summed E-state index contributed by atoms with van der Waals surface area (Å²) in [5.41, 5.74) is 1.38. The van der Waals surface area contributed by atoms with E-state index in [1.54, 1.807) is 6.92 Å². The molecule has 24 heavy (non-hydrogen) atoms. The van der Waals surface area contributed by atoms with Gasteiger partial charge in [0.1, 0.15) is 0 Å². The summed E-state index contributed by atoms with van der Waals surface area (Å²) in [6, 6.07) is 0. The van der Waals surface area contributed by atoms with Crippen LogP contribution in [0, 0.1) is 23.7 Å². The van der Waals surface area contributed by atoms with Crippen molar-refractivity contribution in [1.82, 2.24) is 0 Å². The van der Waals surface area contributed by atoms with Crippen molar-refractivity contribution in [1.29, 1.82) is 0 Å². The molecule has 5 atom stereocenters. The molecule has 0 radical (unpaired) electrons. The summed E-state index contributed by atoms with van der Waals surface area (Å²) < 4.78 is 13.0. The van der Waals surface area contributed by atoms with E-state index in [9.17, 15) is 4.39 Å². The van der Waals surface area contributed by atoms with Crippen molar-refractivity contribution in [2.75, 3.05) is 0 Å². The van der Waals surface area contributed by atoms with Crippen molar-refractivity contribution in [3.8, 4) is 0 Å². The average molecular weight is 337 g/mol. The van der Waals surface area contributed by atoms with Crippen LogP contribution in [0.4, 0.5) is 4.39 Å². The Morgan fingerprint density at radius 1 is 1.17 bits per heavy atom. The molecule has 0 spiro atoms. The smallest absolute Gasteiger partial charge is 0.0973 e. The molecule has 1 aliphatic rings. The van der Waals surface area contributed by atoms with Gasteiger partial charge >= 0.3 is 0 Å². The Balaban J connectivity index is 2.33. The molecule has 5 unspecified atom stereocenters. The molecule has 0 amide bonds. The second-order valence-electron chi connectivity index (χ2n) is 8.22. The highest BCUT2D eigenvalue weighted by Crippen LogP contribution is 2.41. The lowest BCUT2D eigenvalue weighted by Crippen LogP contribution is -2.13. The maximum atomic E-state index is 13.0. The van der Waals surface area contributed by atoms with Gasteiger partial charge in [-0.3, -0.25) is 0 Å². The van der Waals surface area contributed by atoms with Gasteiger partial charge in [-0.2, -0.15) is 0 Å². The van der Waals surface area contributed by atoms with Crippen LogP contribution in [0.2, 0.25) is 0 Å². The molecule has 0 aliphatic heterocycles. The van der Waals surface area contributed by atoms with Crippen molar-refractivity contribution in [3.63, 3.8) is 0 Å². The Kier molecular flexibility index (Phi) is 10.6. The van der Waals surface area contributed by atoms with Gasteiger partial charge in [-0.1, -0.05) is 57.4 Å². The molecule has 0 saturated heterocycles. The molecular weight excluding hydrogens is 295 g/mol. The molecule has 140 valence electrons. The minimum Gasteiger partial charge on any atom is -0.248 e. The molecule has 1 heteroatoms. The van der Waals surface area contributed by atoms with Gasteiger partial charge in [-0.25, -0.2) is 4.39 Å². The van der Waals surface area contributed by atoms with E-state index in [0.29, 0.717) is 18.3 Å².